The molecule has 0 bridgehead atoms. The van der Waals surface area contributed by atoms with E-state index in [9.17, 15) is 9.90 Å². The van der Waals surface area contributed by atoms with E-state index >= 15 is 0 Å². The minimum atomic E-state index is -0.498. The highest BCUT2D eigenvalue weighted by Crippen LogP contribution is 2.34. The largest absolute Gasteiger partial charge is 0.507 e. The maximum Gasteiger partial charge on any atom is 0.343 e. The van der Waals surface area contributed by atoms with Crippen molar-refractivity contribution >= 4 is 11.0 Å². The van der Waals surface area contributed by atoms with Crippen LogP contribution in [0.1, 0.15) is 49.3 Å². The third-order valence-corrected chi connectivity index (χ3v) is 5.57. The van der Waals surface area contributed by atoms with Gasteiger partial charge in [0.25, 0.3) is 0 Å². The molecule has 0 saturated carbocycles. The monoisotopic (exact) mass is 384 g/mol. The molecule has 0 radical (unpaired) electrons. The molecule has 0 saturated heterocycles. The minimum Gasteiger partial charge on any atom is -0.507 e. The van der Waals surface area contributed by atoms with Gasteiger partial charge in [-0.25, -0.2) is 4.79 Å². The van der Waals surface area contributed by atoms with E-state index in [-0.39, 0.29) is 17.2 Å². The van der Waals surface area contributed by atoms with E-state index in [1.807, 2.05) is 25.1 Å². The van der Waals surface area contributed by atoms with Gasteiger partial charge in [0.2, 0.25) is 0 Å². The van der Waals surface area contributed by atoms with Crippen LogP contribution >= 0.6 is 0 Å². The Hall–Kier alpha value is -3.33. The van der Waals surface area contributed by atoms with Gasteiger partial charge in [-0.3, -0.25) is 0 Å². The molecule has 0 aliphatic carbocycles. The minimum absolute atomic E-state index is 0.00213. The third kappa shape index (κ3) is 3.56. The molecule has 3 aromatic carbocycles. The molecule has 1 N–H and O–H groups in total. The summed E-state index contributed by atoms with van der Waals surface area (Å²) in [5.74, 6) is 0.222. The molecular weight excluding hydrogens is 360 g/mol. The number of para-hydroxylation sites is 1. The molecule has 1 heterocycles. The first kappa shape index (κ1) is 19.0. The van der Waals surface area contributed by atoms with Crippen LogP contribution in [-0.2, 0) is 0 Å². The quantitative estimate of drug-likeness (QED) is 0.412. The Morgan fingerprint density at radius 1 is 0.759 bits per heavy atom. The summed E-state index contributed by atoms with van der Waals surface area (Å²) in [5, 5.41) is 11.3. The van der Waals surface area contributed by atoms with Gasteiger partial charge in [-0.15, -0.1) is 0 Å². The predicted octanol–water partition coefficient (Wildman–Crippen LogP) is 6.44. The number of hydrogen-bond acceptors (Lipinski definition) is 3. The highest BCUT2D eigenvalue weighted by atomic mass is 16.4. The van der Waals surface area contributed by atoms with E-state index in [4.69, 9.17) is 4.42 Å². The second-order valence-corrected chi connectivity index (χ2v) is 7.77. The lowest BCUT2D eigenvalue weighted by Gasteiger charge is -2.14. The molecule has 29 heavy (non-hydrogen) atoms. The lowest BCUT2D eigenvalue weighted by atomic mass is 9.91. The number of hydrogen-bond donors (Lipinski definition) is 1. The van der Waals surface area contributed by atoms with Gasteiger partial charge in [0.05, 0.1) is 10.9 Å². The molecule has 3 nitrogen and oxygen atoms in total. The SMILES string of the molecule is CC(C)c1ccc(-c2ccc(C(C)c3c(O)c4ccccc4oc3=O)cc2)cc1. The molecule has 0 aliphatic rings. The van der Waals surface area contributed by atoms with Crippen molar-refractivity contribution < 1.29 is 9.52 Å². The summed E-state index contributed by atoms with van der Waals surface area (Å²) < 4.78 is 5.42. The number of fused-ring (bicyclic) bond motifs is 1. The topological polar surface area (TPSA) is 50.4 Å². The van der Waals surface area contributed by atoms with Crippen LogP contribution in [0.4, 0.5) is 0 Å². The summed E-state index contributed by atoms with van der Waals surface area (Å²) in [6, 6.07) is 23.7. The maximum atomic E-state index is 12.5. The maximum absolute atomic E-state index is 12.5. The second-order valence-electron chi connectivity index (χ2n) is 7.77. The van der Waals surface area contributed by atoms with Gasteiger partial charge in [-0.2, -0.15) is 0 Å². The Morgan fingerprint density at radius 3 is 1.90 bits per heavy atom. The van der Waals surface area contributed by atoms with Crippen molar-refractivity contribution in [3.05, 3.63) is 99.9 Å². The number of rotatable bonds is 4. The van der Waals surface area contributed by atoms with Gasteiger partial charge in [0.15, 0.2) is 0 Å². The molecule has 0 amide bonds. The molecule has 1 atom stereocenters. The molecular formula is C26H24O3. The fourth-order valence-electron chi connectivity index (χ4n) is 3.72. The zero-order chi connectivity index (χ0) is 20.5. The molecule has 1 aromatic heterocycles. The fourth-order valence-corrected chi connectivity index (χ4v) is 3.72. The van der Waals surface area contributed by atoms with Crippen LogP contribution in [0.2, 0.25) is 0 Å². The van der Waals surface area contributed by atoms with Crippen LogP contribution in [0.5, 0.6) is 5.75 Å². The molecule has 0 aliphatic heterocycles. The first-order chi connectivity index (χ1) is 14.0. The van der Waals surface area contributed by atoms with Gasteiger partial charge in [-0.05, 0) is 40.3 Å². The second kappa shape index (κ2) is 7.59. The summed E-state index contributed by atoms with van der Waals surface area (Å²) in [7, 11) is 0. The zero-order valence-electron chi connectivity index (χ0n) is 16.8. The first-order valence-corrected chi connectivity index (χ1v) is 9.90. The lowest BCUT2D eigenvalue weighted by molar-refractivity contribution is 0.453. The molecule has 1 unspecified atom stereocenters. The van der Waals surface area contributed by atoms with E-state index in [0.29, 0.717) is 16.9 Å². The summed E-state index contributed by atoms with van der Waals surface area (Å²) in [6.07, 6.45) is 0. The highest BCUT2D eigenvalue weighted by Gasteiger charge is 2.21. The van der Waals surface area contributed by atoms with Crippen LogP contribution in [0.15, 0.2) is 82.0 Å². The Kier molecular flexibility index (Phi) is 4.98. The molecule has 146 valence electrons. The average Bonchev–Trinajstić information content (AvgIpc) is 2.74. The normalized spacial score (nSPS) is 12.4. The Bertz CT molecular complexity index is 1200. The molecule has 0 spiro atoms. The van der Waals surface area contributed by atoms with Crippen molar-refractivity contribution in [1.29, 1.82) is 0 Å². The smallest absolute Gasteiger partial charge is 0.343 e. The van der Waals surface area contributed by atoms with E-state index in [1.54, 1.807) is 18.2 Å². The van der Waals surface area contributed by atoms with E-state index in [1.165, 1.54) is 5.56 Å². The van der Waals surface area contributed by atoms with Crippen molar-refractivity contribution in [3.8, 4) is 16.9 Å². The van der Waals surface area contributed by atoms with E-state index < -0.39 is 5.63 Å². The van der Waals surface area contributed by atoms with Crippen LogP contribution < -0.4 is 5.63 Å². The van der Waals surface area contributed by atoms with Gasteiger partial charge in [0.1, 0.15) is 11.3 Å². The Labute approximate surface area is 170 Å². The number of aromatic hydroxyl groups is 1. The predicted molar refractivity (Wildman–Crippen MR) is 118 cm³/mol. The average molecular weight is 384 g/mol. The van der Waals surface area contributed by atoms with Crippen LogP contribution in [0, 0.1) is 0 Å². The van der Waals surface area contributed by atoms with Gasteiger partial charge in [0, 0.05) is 5.92 Å². The standard InChI is InChI=1S/C26H24O3/c1-16(2)18-8-12-20(13-9-18)21-14-10-19(11-15-21)17(3)24-25(27)22-6-4-5-7-23(22)29-26(24)28/h4-17,27H,1-3H3. The fraction of sp³-hybridized carbons (Fsp3) is 0.192. The van der Waals surface area contributed by atoms with Crippen molar-refractivity contribution in [3.63, 3.8) is 0 Å². The summed E-state index contributed by atoms with van der Waals surface area (Å²) in [6.45, 7) is 6.28. The Morgan fingerprint density at radius 2 is 1.31 bits per heavy atom. The molecule has 4 aromatic rings. The van der Waals surface area contributed by atoms with Crippen molar-refractivity contribution in [2.24, 2.45) is 0 Å². The van der Waals surface area contributed by atoms with Crippen molar-refractivity contribution in [2.75, 3.05) is 0 Å². The molecule has 3 heteroatoms. The van der Waals surface area contributed by atoms with Crippen LogP contribution in [0.25, 0.3) is 22.1 Å². The summed E-state index contributed by atoms with van der Waals surface area (Å²) in [4.78, 5) is 12.5. The Balaban J connectivity index is 1.67. The van der Waals surface area contributed by atoms with Crippen LogP contribution in [0.3, 0.4) is 0 Å². The van der Waals surface area contributed by atoms with Crippen molar-refractivity contribution in [1.82, 2.24) is 0 Å². The summed E-state index contributed by atoms with van der Waals surface area (Å²) in [5.41, 5.74) is 4.72. The zero-order valence-corrected chi connectivity index (χ0v) is 16.8. The molecule has 4 rings (SSSR count). The van der Waals surface area contributed by atoms with E-state index in [2.05, 4.69) is 50.2 Å². The van der Waals surface area contributed by atoms with Crippen LogP contribution in [-0.4, -0.2) is 5.11 Å². The highest BCUT2D eigenvalue weighted by molar-refractivity contribution is 5.84. The molecule has 0 fully saturated rings. The van der Waals surface area contributed by atoms with Gasteiger partial charge >= 0.3 is 5.63 Å². The first-order valence-electron chi connectivity index (χ1n) is 9.90. The summed E-state index contributed by atoms with van der Waals surface area (Å²) >= 11 is 0. The number of benzene rings is 3. The lowest BCUT2D eigenvalue weighted by Crippen LogP contribution is -2.12. The van der Waals surface area contributed by atoms with E-state index in [0.717, 1.165) is 16.7 Å². The van der Waals surface area contributed by atoms with Crippen molar-refractivity contribution in [2.45, 2.75) is 32.6 Å². The third-order valence-electron chi connectivity index (χ3n) is 5.57. The van der Waals surface area contributed by atoms with Gasteiger partial charge in [-0.1, -0.05) is 81.4 Å². The van der Waals surface area contributed by atoms with Gasteiger partial charge < -0.3 is 9.52 Å².